The van der Waals surface area contributed by atoms with Crippen molar-refractivity contribution in [2.24, 2.45) is 0 Å². The Kier molecular flexibility index (Phi) is 5.83. The number of rotatable bonds is 6. The molecule has 0 aromatic carbocycles. The topological polar surface area (TPSA) is 21.3 Å². The second-order valence-electron chi connectivity index (χ2n) is 3.52. The first-order valence-electron chi connectivity index (χ1n) is 5.28. The van der Waals surface area contributed by atoms with Gasteiger partial charge in [-0.3, -0.25) is 0 Å². The van der Waals surface area contributed by atoms with Crippen LogP contribution in [-0.4, -0.2) is 36.8 Å². The van der Waals surface area contributed by atoms with Gasteiger partial charge in [0.15, 0.2) is 0 Å². The fourth-order valence-corrected chi connectivity index (χ4v) is 2.69. The van der Waals surface area contributed by atoms with Crippen LogP contribution in [-0.2, 0) is 4.74 Å². The van der Waals surface area contributed by atoms with Gasteiger partial charge in [-0.15, -0.1) is 0 Å². The van der Waals surface area contributed by atoms with Crippen LogP contribution in [0.4, 0.5) is 0 Å². The van der Waals surface area contributed by atoms with Crippen molar-refractivity contribution in [1.82, 2.24) is 5.32 Å². The van der Waals surface area contributed by atoms with E-state index in [4.69, 9.17) is 4.74 Å². The SMILES string of the molecule is CCCNCCSC1CCOC1C. The quantitative estimate of drug-likeness (QED) is 0.666. The first-order chi connectivity index (χ1) is 6.34. The van der Waals surface area contributed by atoms with Gasteiger partial charge in [0, 0.05) is 24.2 Å². The number of hydrogen-bond donors (Lipinski definition) is 1. The Hall–Kier alpha value is 0.270. The number of hydrogen-bond acceptors (Lipinski definition) is 3. The summed E-state index contributed by atoms with van der Waals surface area (Å²) in [4.78, 5) is 0. The Balaban J connectivity index is 1.93. The van der Waals surface area contributed by atoms with E-state index in [-0.39, 0.29) is 0 Å². The largest absolute Gasteiger partial charge is 0.377 e. The van der Waals surface area contributed by atoms with E-state index in [1.807, 2.05) is 0 Å². The maximum atomic E-state index is 5.50. The average molecular weight is 203 g/mol. The van der Waals surface area contributed by atoms with Crippen LogP contribution in [0.25, 0.3) is 0 Å². The molecule has 13 heavy (non-hydrogen) atoms. The molecule has 78 valence electrons. The Labute approximate surface area is 85.8 Å². The zero-order valence-corrected chi connectivity index (χ0v) is 9.53. The van der Waals surface area contributed by atoms with Gasteiger partial charge in [-0.1, -0.05) is 6.92 Å². The summed E-state index contributed by atoms with van der Waals surface area (Å²) >= 11 is 2.06. The van der Waals surface area contributed by atoms with Gasteiger partial charge >= 0.3 is 0 Å². The smallest absolute Gasteiger partial charge is 0.0666 e. The molecule has 0 aromatic rings. The molecule has 0 aromatic heterocycles. The van der Waals surface area contributed by atoms with Crippen LogP contribution in [0, 0.1) is 0 Å². The van der Waals surface area contributed by atoms with Crippen molar-refractivity contribution in [3.05, 3.63) is 0 Å². The van der Waals surface area contributed by atoms with Gasteiger partial charge in [0.2, 0.25) is 0 Å². The van der Waals surface area contributed by atoms with E-state index in [0.29, 0.717) is 6.10 Å². The van der Waals surface area contributed by atoms with Gasteiger partial charge in [0.05, 0.1) is 6.10 Å². The van der Waals surface area contributed by atoms with Crippen LogP contribution in [0.1, 0.15) is 26.7 Å². The van der Waals surface area contributed by atoms with E-state index in [0.717, 1.165) is 24.9 Å². The van der Waals surface area contributed by atoms with E-state index >= 15 is 0 Å². The van der Waals surface area contributed by atoms with Crippen LogP contribution >= 0.6 is 11.8 Å². The molecule has 0 amide bonds. The van der Waals surface area contributed by atoms with Crippen molar-refractivity contribution in [1.29, 1.82) is 0 Å². The van der Waals surface area contributed by atoms with Gasteiger partial charge in [-0.25, -0.2) is 0 Å². The molecule has 0 radical (unpaired) electrons. The lowest BCUT2D eigenvalue weighted by Crippen LogP contribution is -2.21. The molecular weight excluding hydrogens is 182 g/mol. The molecule has 0 aliphatic carbocycles. The second-order valence-corrected chi connectivity index (χ2v) is 4.87. The fraction of sp³-hybridized carbons (Fsp3) is 1.00. The first kappa shape index (κ1) is 11.3. The van der Waals surface area contributed by atoms with Crippen LogP contribution in [0.2, 0.25) is 0 Å². The Morgan fingerprint density at radius 2 is 2.31 bits per heavy atom. The first-order valence-corrected chi connectivity index (χ1v) is 6.33. The summed E-state index contributed by atoms with van der Waals surface area (Å²) in [5, 5.41) is 4.15. The normalized spacial score (nSPS) is 28.2. The van der Waals surface area contributed by atoms with Crippen LogP contribution < -0.4 is 5.32 Å². The van der Waals surface area contributed by atoms with Gasteiger partial charge < -0.3 is 10.1 Å². The monoisotopic (exact) mass is 203 g/mol. The Bertz CT molecular complexity index is 132. The van der Waals surface area contributed by atoms with E-state index in [1.165, 1.54) is 18.6 Å². The molecule has 1 N–H and O–H groups in total. The number of ether oxygens (including phenoxy) is 1. The molecule has 1 aliphatic heterocycles. The summed E-state index contributed by atoms with van der Waals surface area (Å²) in [7, 11) is 0. The molecule has 1 saturated heterocycles. The molecule has 1 heterocycles. The van der Waals surface area contributed by atoms with E-state index in [9.17, 15) is 0 Å². The maximum Gasteiger partial charge on any atom is 0.0666 e. The van der Waals surface area contributed by atoms with Gasteiger partial charge in [0.25, 0.3) is 0 Å². The summed E-state index contributed by atoms with van der Waals surface area (Å²) in [6, 6.07) is 0. The summed E-state index contributed by atoms with van der Waals surface area (Å²) in [6.45, 7) is 7.64. The fourth-order valence-electron chi connectivity index (χ4n) is 1.52. The summed E-state index contributed by atoms with van der Waals surface area (Å²) in [5.74, 6) is 1.22. The van der Waals surface area contributed by atoms with Crippen molar-refractivity contribution in [3.8, 4) is 0 Å². The molecule has 0 saturated carbocycles. The molecular formula is C10H21NOS. The molecule has 2 unspecified atom stereocenters. The molecule has 0 bridgehead atoms. The minimum Gasteiger partial charge on any atom is -0.377 e. The van der Waals surface area contributed by atoms with Crippen molar-refractivity contribution >= 4 is 11.8 Å². The second kappa shape index (κ2) is 6.68. The Morgan fingerprint density at radius 3 is 2.92 bits per heavy atom. The summed E-state index contributed by atoms with van der Waals surface area (Å²) < 4.78 is 5.50. The molecule has 1 aliphatic rings. The minimum absolute atomic E-state index is 0.469. The summed E-state index contributed by atoms with van der Waals surface area (Å²) in [6.07, 6.45) is 2.93. The van der Waals surface area contributed by atoms with E-state index in [2.05, 4.69) is 30.9 Å². The van der Waals surface area contributed by atoms with Gasteiger partial charge in [-0.05, 0) is 26.3 Å². The van der Waals surface area contributed by atoms with E-state index < -0.39 is 0 Å². The van der Waals surface area contributed by atoms with E-state index in [1.54, 1.807) is 0 Å². The molecule has 0 spiro atoms. The van der Waals surface area contributed by atoms with Crippen LogP contribution in [0.15, 0.2) is 0 Å². The molecule has 1 fully saturated rings. The minimum atomic E-state index is 0.469. The summed E-state index contributed by atoms with van der Waals surface area (Å²) in [5.41, 5.74) is 0. The lowest BCUT2D eigenvalue weighted by atomic mass is 10.3. The third kappa shape index (κ3) is 4.34. The van der Waals surface area contributed by atoms with Gasteiger partial charge in [-0.2, -0.15) is 11.8 Å². The Morgan fingerprint density at radius 1 is 1.46 bits per heavy atom. The standard InChI is InChI=1S/C10H21NOS/c1-3-5-11-6-8-13-10-4-7-12-9(10)2/h9-11H,3-8H2,1-2H3. The number of thioether (sulfide) groups is 1. The van der Waals surface area contributed by atoms with Crippen LogP contribution in [0.3, 0.4) is 0 Å². The van der Waals surface area contributed by atoms with Crippen molar-refractivity contribution in [3.63, 3.8) is 0 Å². The zero-order chi connectivity index (χ0) is 9.52. The third-order valence-corrected chi connectivity index (χ3v) is 3.83. The predicted octanol–water partition coefficient (Wildman–Crippen LogP) is 1.90. The van der Waals surface area contributed by atoms with Crippen molar-refractivity contribution in [2.75, 3.05) is 25.4 Å². The highest BCUT2D eigenvalue weighted by molar-refractivity contribution is 8.00. The highest BCUT2D eigenvalue weighted by atomic mass is 32.2. The average Bonchev–Trinajstić information content (AvgIpc) is 2.52. The lowest BCUT2D eigenvalue weighted by molar-refractivity contribution is 0.127. The molecule has 2 nitrogen and oxygen atoms in total. The van der Waals surface area contributed by atoms with Crippen LogP contribution in [0.5, 0.6) is 0 Å². The molecule has 3 heteroatoms. The van der Waals surface area contributed by atoms with Crippen molar-refractivity contribution < 1.29 is 4.74 Å². The predicted molar refractivity (Wildman–Crippen MR) is 59.4 cm³/mol. The number of nitrogens with one attached hydrogen (secondary N) is 1. The highest BCUT2D eigenvalue weighted by Gasteiger charge is 2.23. The molecule has 1 rings (SSSR count). The molecule has 2 atom stereocenters. The lowest BCUT2D eigenvalue weighted by Gasteiger charge is -2.13. The highest BCUT2D eigenvalue weighted by Crippen LogP contribution is 2.25. The van der Waals surface area contributed by atoms with Crippen molar-refractivity contribution in [2.45, 2.75) is 38.0 Å². The zero-order valence-electron chi connectivity index (χ0n) is 8.71. The third-order valence-electron chi connectivity index (χ3n) is 2.34. The maximum absolute atomic E-state index is 5.50. The van der Waals surface area contributed by atoms with Gasteiger partial charge in [0.1, 0.15) is 0 Å².